The summed E-state index contributed by atoms with van der Waals surface area (Å²) in [6.45, 7) is 1.77. The maximum absolute atomic E-state index is 5.56. The molecule has 0 spiro atoms. The van der Waals surface area contributed by atoms with Gasteiger partial charge >= 0.3 is 0 Å². The van der Waals surface area contributed by atoms with E-state index in [1.807, 2.05) is 18.2 Å². The van der Waals surface area contributed by atoms with Gasteiger partial charge in [0.2, 0.25) is 6.79 Å². The molecule has 3 nitrogen and oxygen atoms in total. The molecule has 0 bridgehead atoms. The highest BCUT2D eigenvalue weighted by molar-refractivity contribution is 9.09. The zero-order chi connectivity index (χ0) is 11.2. The van der Waals surface area contributed by atoms with Crippen LogP contribution in [0.2, 0.25) is 0 Å². The normalized spacial score (nSPS) is 13.1. The summed E-state index contributed by atoms with van der Waals surface area (Å²) in [4.78, 5) is 0. The summed E-state index contributed by atoms with van der Waals surface area (Å²) in [6, 6.07) is 5.92. The maximum atomic E-state index is 5.56. The fourth-order valence-corrected chi connectivity index (χ4v) is 1.92. The highest BCUT2D eigenvalue weighted by Crippen LogP contribution is 2.32. The Morgan fingerprint density at radius 1 is 1.19 bits per heavy atom. The van der Waals surface area contributed by atoms with Crippen LogP contribution in [0.15, 0.2) is 18.2 Å². The predicted octanol–water partition coefficient (Wildman–Crippen LogP) is 3.11. The number of rotatable bonds is 6. The lowest BCUT2D eigenvalue weighted by molar-refractivity contribution is 0.118. The van der Waals surface area contributed by atoms with Crippen LogP contribution in [0.4, 0.5) is 0 Å². The Kier molecular flexibility index (Phi) is 4.48. The first-order valence-corrected chi connectivity index (χ1v) is 6.54. The standard InChI is InChI=1S/C12H15BrO3/c13-5-1-2-6-14-8-10-3-4-11-12(7-10)16-9-15-11/h3-4,7H,1-2,5-6,8-9H2. The van der Waals surface area contributed by atoms with Gasteiger partial charge in [0.25, 0.3) is 0 Å². The Balaban J connectivity index is 1.77. The number of halogens is 1. The van der Waals surface area contributed by atoms with Crippen LogP contribution >= 0.6 is 15.9 Å². The molecule has 0 N–H and O–H groups in total. The van der Waals surface area contributed by atoms with Crippen LogP contribution in [-0.4, -0.2) is 18.7 Å². The summed E-state index contributed by atoms with van der Waals surface area (Å²) in [5, 5.41) is 1.04. The molecule has 0 saturated carbocycles. The van der Waals surface area contributed by atoms with Crippen molar-refractivity contribution in [2.24, 2.45) is 0 Å². The molecule has 0 amide bonds. The molecule has 0 radical (unpaired) electrons. The van der Waals surface area contributed by atoms with Gasteiger partial charge in [-0.3, -0.25) is 0 Å². The van der Waals surface area contributed by atoms with Crippen LogP contribution in [0, 0.1) is 0 Å². The molecular formula is C12H15BrO3. The summed E-state index contributed by atoms with van der Waals surface area (Å²) in [7, 11) is 0. The molecule has 1 aliphatic rings. The molecule has 0 aliphatic carbocycles. The van der Waals surface area contributed by atoms with Crippen molar-refractivity contribution < 1.29 is 14.2 Å². The second-order valence-corrected chi connectivity index (χ2v) is 4.43. The maximum Gasteiger partial charge on any atom is 0.231 e. The number of unbranched alkanes of at least 4 members (excludes halogenated alkanes) is 1. The fraction of sp³-hybridized carbons (Fsp3) is 0.500. The van der Waals surface area contributed by atoms with Crippen molar-refractivity contribution in [3.63, 3.8) is 0 Å². The van der Waals surface area contributed by atoms with Gasteiger partial charge in [0, 0.05) is 11.9 Å². The number of benzene rings is 1. The lowest BCUT2D eigenvalue weighted by atomic mass is 10.2. The monoisotopic (exact) mass is 286 g/mol. The first kappa shape index (κ1) is 11.7. The highest BCUT2D eigenvalue weighted by Gasteiger charge is 2.12. The smallest absolute Gasteiger partial charge is 0.231 e. The molecule has 1 heterocycles. The summed E-state index contributed by atoms with van der Waals surface area (Å²) in [5.74, 6) is 1.64. The van der Waals surface area contributed by atoms with Crippen LogP contribution in [-0.2, 0) is 11.3 Å². The van der Waals surface area contributed by atoms with Crippen molar-refractivity contribution in [3.05, 3.63) is 23.8 Å². The lowest BCUT2D eigenvalue weighted by Gasteiger charge is -2.04. The van der Waals surface area contributed by atoms with Crippen LogP contribution < -0.4 is 9.47 Å². The number of ether oxygens (including phenoxy) is 3. The minimum absolute atomic E-state index is 0.324. The van der Waals surface area contributed by atoms with E-state index in [0.29, 0.717) is 13.4 Å². The number of hydrogen-bond donors (Lipinski definition) is 0. The quantitative estimate of drug-likeness (QED) is 0.594. The van der Waals surface area contributed by atoms with E-state index < -0.39 is 0 Å². The lowest BCUT2D eigenvalue weighted by Crippen LogP contribution is -1.96. The van der Waals surface area contributed by atoms with E-state index in [4.69, 9.17) is 14.2 Å². The molecule has 0 unspecified atom stereocenters. The fourth-order valence-electron chi connectivity index (χ4n) is 1.52. The molecule has 1 aliphatic heterocycles. The average Bonchev–Trinajstić information content (AvgIpc) is 2.76. The third kappa shape index (κ3) is 3.12. The van der Waals surface area contributed by atoms with E-state index >= 15 is 0 Å². The minimum Gasteiger partial charge on any atom is -0.454 e. The van der Waals surface area contributed by atoms with Crippen LogP contribution in [0.5, 0.6) is 11.5 Å². The van der Waals surface area contributed by atoms with Gasteiger partial charge in [0.05, 0.1) is 6.61 Å². The minimum atomic E-state index is 0.324. The number of hydrogen-bond acceptors (Lipinski definition) is 3. The first-order valence-electron chi connectivity index (χ1n) is 5.42. The van der Waals surface area contributed by atoms with Gasteiger partial charge in [0.15, 0.2) is 11.5 Å². The molecule has 0 aromatic heterocycles. The van der Waals surface area contributed by atoms with E-state index in [1.165, 1.54) is 0 Å². The van der Waals surface area contributed by atoms with Crippen LogP contribution in [0.25, 0.3) is 0 Å². The van der Waals surface area contributed by atoms with Gasteiger partial charge in [0.1, 0.15) is 0 Å². The Hall–Kier alpha value is -0.740. The first-order chi connectivity index (χ1) is 7.90. The predicted molar refractivity (Wildman–Crippen MR) is 65.2 cm³/mol. The second kappa shape index (κ2) is 6.11. The summed E-state index contributed by atoms with van der Waals surface area (Å²) in [6.07, 6.45) is 2.25. The topological polar surface area (TPSA) is 27.7 Å². The Bertz CT molecular complexity index is 341. The van der Waals surface area contributed by atoms with E-state index in [9.17, 15) is 0 Å². The molecule has 2 rings (SSSR count). The Morgan fingerprint density at radius 3 is 2.94 bits per heavy atom. The van der Waals surface area contributed by atoms with Gasteiger partial charge in [-0.1, -0.05) is 22.0 Å². The third-order valence-corrected chi connectivity index (χ3v) is 2.94. The van der Waals surface area contributed by atoms with Gasteiger partial charge in [-0.05, 0) is 30.5 Å². The number of fused-ring (bicyclic) bond motifs is 1. The zero-order valence-electron chi connectivity index (χ0n) is 9.08. The molecular weight excluding hydrogens is 272 g/mol. The molecule has 1 aromatic rings. The highest BCUT2D eigenvalue weighted by atomic mass is 79.9. The van der Waals surface area contributed by atoms with E-state index in [0.717, 1.165) is 41.8 Å². The van der Waals surface area contributed by atoms with Crippen molar-refractivity contribution >= 4 is 15.9 Å². The Morgan fingerprint density at radius 2 is 2.06 bits per heavy atom. The SMILES string of the molecule is BrCCCCOCc1ccc2c(c1)OCO2. The molecule has 1 aromatic carbocycles. The Labute approximate surface area is 104 Å². The van der Waals surface area contributed by atoms with Crippen LogP contribution in [0.1, 0.15) is 18.4 Å². The molecule has 0 atom stereocenters. The van der Waals surface area contributed by atoms with Gasteiger partial charge in [-0.25, -0.2) is 0 Å². The van der Waals surface area contributed by atoms with Gasteiger partial charge in [-0.15, -0.1) is 0 Å². The summed E-state index contributed by atoms with van der Waals surface area (Å²) in [5.41, 5.74) is 1.13. The zero-order valence-corrected chi connectivity index (χ0v) is 10.7. The van der Waals surface area contributed by atoms with Crippen molar-refractivity contribution in [1.82, 2.24) is 0 Å². The van der Waals surface area contributed by atoms with E-state index in [-0.39, 0.29) is 0 Å². The van der Waals surface area contributed by atoms with Crippen molar-refractivity contribution in [3.8, 4) is 11.5 Å². The van der Waals surface area contributed by atoms with Crippen molar-refractivity contribution in [2.45, 2.75) is 19.4 Å². The van der Waals surface area contributed by atoms with E-state index in [1.54, 1.807) is 0 Å². The summed E-state index contributed by atoms with van der Waals surface area (Å²) < 4.78 is 16.1. The molecule has 88 valence electrons. The van der Waals surface area contributed by atoms with Crippen molar-refractivity contribution in [1.29, 1.82) is 0 Å². The molecule has 0 fully saturated rings. The van der Waals surface area contributed by atoms with Crippen LogP contribution in [0.3, 0.4) is 0 Å². The molecule has 4 heteroatoms. The van der Waals surface area contributed by atoms with Gasteiger partial charge < -0.3 is 14.2 Å². The third-order valence-electron chi connectivity index (χ3n) is 2.38. The van der Waals surface area contributed by atoms with Crippen molar-refractivity contribution in [2.75, 3.05) is 18.7 Å². The largest absolute Gasteiger partial charge is 0.454 e. The van der Waals surface area contributed by atoms with E-state index in [2.05, 4.69) is 15.9 Å². The molecule has 0 saturated heterocycles. The second-order valence-electron chi connectivity index (χ2n) is 3.64. The van der Waals surface area contributed by atoms with Gasteiger partial charge in [-0.2, -0.15) is 0 Å². The number of alkyl halides is 1. The average molecular weight is 287 g/mol. The summed E-state index contributed by atoms with van der Waals surface area (Å²) >= 11 is 3.39. The molecule has 16 heavy (non-hydrogen) atoms.